The molecule has 0 amide bonds. The second-order valence-corrected chi connectivity index (χ2v) is 7.47. The predicted octanol–water partition coefficient (Wildman–Crippen LogP) is 2.27. The van der Waals surface area contributed by atoms with Gasteiger partial charge in [-0.15, -0.1) is 0 Å². The van der Waals surface area contributed by atoms with Gasteiger partial charge in [-0.25, -0.2) is 8.42 Å². The van der Waals surface area contributed by atoms with Crippen molar-refractivity contribution in [3.63, 3.8) is 0 Å². The van der Waals surface area contributed by atoms with Crippen molar-refractivity contribution in [3.05, 3.63) is 28.8 Å². The van der Waals surface area contributed by atoms with E-state index in [1.54, 1.807) is 12.1 Å². The molecule has 1 aromatic rings. The van der Waals surface area contributed by atoms with Crippen LogP contribution in [0.15, 0.2) is 23.1 Å². The molecule has 1 heterocycles. The summed E-state index contributed by atoms with van der Waals surface area (Å²) in [4.78, 5) is 0.238. The molecule has 1 aliphatic rings. The number of likely N-dealkylation sites (N-methyl/N-ethyl adjacent to an activating group) is 1. The monoisotopic (exact) mass is 316 g/mol. The van der Waals surface area contributed by atoms with E-state index in [9.17, 15) is 8.42 Å². The topological polar surface area (TPSA) is 49.4 Å². The zero-order valence-corrected chi connectivity index (χ0v) is 13.5. The molecule has 0 aliphatic carbocycles. The molecular formula is C14H21ClN2O2S. The second-order valence-electron chi connectivity index (χ2n) is 5.15. The van der Waals surface area contributed by atoms with E-state index in [2.05, 4.69) is 12.2 Å². The first-order valence-corrected chi connectivity index (χ1v) is 8.76. The van der Waals surface area contributed by atoms with Crippen molar-refractivity contribution in [2.24, 2.45) is 0 Å². The number of sulfonamides is 1. The average molecular weight is 317 g/mol. The highest BCUT2D eigenvalue weighted by Gasteiger charge is 2.33. The molecular weight excluding hydrogens is 296 g/mol. The number of halogens is 1. The van der Waals surface area contributed by atoms with Crippen LogP contribution in [0.3, 0.4) is 0 Å². The predicted molar refractivity (Wildman–Crippen MR) is 81.7 cm³/mol. The summed E-state index contributed by atoms with van der Waals surface area (Å²) in [6.45, 7) is 3.12. The Morgan fingerprint density at radius 2 is 2.20 bits per heavy atom. The summed E-state index contributed by atoms with van der Waals surface area (Å²) >= 11 is 6.11. The van der Waals surface area contributed by atoms with Crippen LogP contribution < -0.4 is 5.32 Å². The fourth-order valence-corrected chi connectivity index (χ4v) is 4.54. The lowest BCUT2D eigenvalue weighted by molar-refractivity contribution is 0.464. The number of benzene rings is 1. The first-order chi connectivity index (χ1) is 9.48. The molecule has 0 bridgehead atoms. The number of hydrogen-bond acceptors (Lipinski definition) is 3. The quantitative estimate of drug-likeness (QED) is 0.906. The third-order valence-electron chi connectivity index (χ3n) is 3.71. The highest BCUT2D eigenvalue weighted by molar-refractivity contribution is 7.89. The maximum absolute atomic E-state index is 12.7. The summed E-state index contributed by atoms with van der Waals surface area (Å²) in [6.07, 6.45) is 2.67. The SMILES string of the molecule is CCCc1ccc(Cl)c(S(=O)(=O)N2CCC(NC)C2)c1. The van der Waals surface area contributed by atoms with Crippen LogP contribution in [-0.2, 0) is 16.4 Å². The molecule has 0 saturated carbocycles. The number of rotatable bonds is 5. The zero-order valence-electron chi connectivity index (χ0n) is 11.9. The van der Waals surface area contributed by atoms with Crippen molar-refractivity contribution in [2.45, 2.75) is 37.1 Å². The minimum absolute atomic E-state index is 0.224. The molecule has 1 aromatic carbocycles. The molecule has 1 unspecified atom stereocenters. The Morgan fingerprint density at radius 3 is 2.80 bits per heavy atom. The first-order valence-electron chi connectivity index (χ1n) is 6.95. The van der Waals surface area contributed by atoms with Gasteiger partial charge in [0.25, 0.3) is 0 Å². The number of nitrogens with one attached hydrogen (secondary N) is 1. The van der Waals surface area contributed by atoms with E-state index in [0.29, 0.717) is 18.1 Å². The van der Waals surface area contributed by atoms with Crippen LogP contribution in [0.4, 0.5) is 0 Å². The minimum Gasteiger partial charge on any atom is -0.316 e. The van der Waals surface area contributed by atoms with E-state index in [1.165, 1.54) is 4.31 Å². The van der Waals surface area contributed by atoms with Crippen molar-refractivity contribution in [1.29, 1.82) is 0 Å². The fourth-order valence-electron chi connectivity index (χ4n) is 2.51. The molecule has 2 rings (SSSR count). The van der Waals surface area contributed by atoms with Crippen molar-refractivity contribution in [1.82, 2.24) is 9.62 Å². The van der Waals surface area contributed by atoms with Gasteiger partial charge in [0, 0.05) is 19.1 Å². The van der Waals surface area contributed by atoms with Gasteiger partial charge in [0.05, 0.1) is 5.02 Å². The van der Waals surface area contributed by atoms with Gasteiger partial charge in [-0.1, -0.05) is 31.0 Å². The molecule has 1 atom stereocenters. The Hall–Kier alpha value is -0.620. The fraction of sp³-hybridized carbons (Fsp3) is 0.571. The molecule has 112 valence electrons. The van der Waals surface area contributed by atoms with Gasteiger partial charge in [-0.2, -0.15) is 4.31 Å². The van der Waals surface area contributed by atoms with Crippen LogP contribution >= 0.6 is 11.6 Å². The van der Waals surface area contributed by atoms with Gasteiger partial charge >= 0.3 is 0 Å². The van der Waals surface area contributed by atoms with Crippen molar-refractivity contribution in [3.8, 4) is 0 Å². The molecule has 0 radical (unpaired) electrons. The van der Waals surface area contributed by atoms with E-state index in [4.69, 9.17) is 11.6 Å². The van der Waals surface area contributed by atoms with E-state index < -0.39 is 10.0 Å². The summed E-state index contributed by atoms with van der Waals surface area (Å²) in [6, 6.07) is 5.52. The first kappa shape index (κ1) is 15.8. The Morgan fingerprint density at radius 1 is 1.45 bits per heavy atom. The van der Waals surface area contributed by atoms with E-state index in [-0.39, 0.29) is 10.9 Å². The van der Waals surface area contributed by atoms with Gasteiger partial charge in [0.2, 0.25) is 10.0 Å². The lowest BCUT2D eigenvalue weighted by atomic mass is 10.1. The summed E-state index contributed by atoms with van der Waals surface area (Å²) < 4.78 is 26.9. The Balaban J connectivity index is 2.32. The largest absolute Gasteiger partial charge is 0.316 e. The normalized spacial score (nSPS) is 20.4. The highest BCUT2D eigenvalue weighted by Crippen LogP contribution is 2.28. The highest BCUT2D eigenvalue weighted by atomic mass is 35.5. The maximum Gasteiger partial charge on any atom is 0.244 e. The van der Waals surface area contributed by atoms with Crippen molar-refractivity contribution in [2.75, 3.05) is 20.1 Å². The summed E-state index contributed by atoms with van der Waals surface area (Å²) in [5.74, 6) is 0. The van der Waals surface area contributed by atoms with Gasteiger partial charge in [0.1, 0.15) is 4.90 Å². The molecule has 1 saturated heterocycles. The maximum atomic E-state index is 12.7. The van der Waals surface area contributed by atoms with Crippen LogP contribution in [0.1, 0.15) is 25.3 Å². The molecule has 20 heavy (non-hydrogen) atoms. The van der Waals surface area contributed by atoms with Gasteiger partial charge < -0.3 is 5.32 Å². The summed E-state index contributed by atoms with van der Waals surface area (Å²) in [5.41, 5.74) is 1.01. The smallest absolute Gasteiger partial charge is 0.244 e. The van der Waals surface area contributed by atoms with Gasteiger partial charge in [0.15, 0.2) is 0 Å². The third-order valence-corrected chi connectivity index (χ3v) is 6.06. The van der Waals surface area contributed by atoms with Crippen molar-refractivity contribution >= 4 is 21.6 Å². The lowest BCUT2D eigenvalue weighted by Crippen LogP contribution is -2.33. The van der Waals surface area contributed by atoms with Crippen LogP contribution in [0.25, 0.3) is 0 Å². The Bertz CT molecular complexity index is 575. The molecule has 0 spiro atoms. The summed E-state index contributed by atoms with van der Waals surface area (Å²) in [7, 11) is -1.64. The van der Waals surface area contributed by atoms with Crippen LogP contribution in [0.5, 0.6) is 0 Å². The number of hydrogen-bond donors (Lipinski definition) is 1. The third kappa shape index (κ3) is 3.17. The van der Waals surface area contributed by atoms with Crippen LogP contribution in [0.2, 0.25) is 5.02 Å². The zero-order chi connectivity index (χ0) is 14.8. The van der Waals surface area contributed by atoms with E-state index >= 15 is 0 Å². The van der Waals surface area contributed by atoms with Crippen molar-refractivity contribution < 1.29 is 8.42 Å². The minimum atomic E-state index is -3.49. The lowest BCUT2D eigenvalue weighted by Gasteiger charge is -2.18. The standard InChI is InChI=1S/C14H21ClN2O2S/c1-3-4-11-5-6-13(15)14(9-11)20(18,19)17-8-7-12(10-17)16-2/h5-6,9,12,16H,3-4,7-8,10H2,1-2H3. The Labute approximate surface area is 126 Å². The molecule has 6 heteroatoms. The van der Waals surface area contributed by atoms with Gasteiger partial charge in [-0.3, -0.25) is 0 Å². The molecule has 1 aliphatic heterocycles. The second kappa shape index (κ2) is 6.43. The van der Waals surface area contributed by atoms with Crippen LogP contribution in [-0.4, -0.2) is 38.9 Å². The van der Waals surface area contributed by atoms with Crippen LogP contribution in [0, 0.1) is 0 Å². The Kier molecular flexibility index (Phi) is 5.07. The van der Waals surface area contributed by atoms with Gasteiger partial charge in [-0.05, 0) is 37.6 Å². The number of nitrogens with zero attached hydrogens (tertiary/aromatic N) is 1. The molecule has 1 N–H and O–H groups in total. The average Bonchev–Trinajstić information content (AvgIpc) is 2.90. The molecule has 0 aromatic heterocycles. The molecule has 1 fully saturated rings. The summed E-state index contributed by atoms with van der Waals surface area (Å²) in [5, 5.41) is 3.43. The number of aryl methyl sites for hydroxylation is 1. The van der Waals surface area contributed by atoms with E-state index in [1.807, 2.05) is 13.1 Å². The van der Waals surface area contributed by atoms with E-state index in [0.717, 1.165) is 24.8 Å². The molecule has 4 nitrogen and oxygen atoms in total.